The van der Waals surface area contributed by atoms with Crippen LogP contribution in [0.3, 0.4) is 0 Å². The van der Waals surface area contributed by atoms with Crippen molar-refractivity contribution in [3.05, 3.63) is 48.4 Å². The van der Waals surface area contributed by atoms with Crippen molar-refractivity contribution >= 4 is 11.6 Å². The van der Waals surface area contributed by atoms with E-state index in [4.69, 9.17) is 9.15 Å². The maximum atomic E-state index is 13.0. The average Bonchev–Trinajstić information content (AvgIpc) is 3.16. The van der Waals surface area contributed by atoms with Gasteiger partial charge in [0.05, 0.1) is 19.9 Å². The predicted molar refractivity (Wildman–Crippen MR) is 101 cm³/mol. The Labute approximate surface area is 154 Å². The molecule has 1 aliphatic heterocycles. The normalized spacial score (nSPS) is 16.9. The zero-order valence-electron chi connectivity index (χ0n) is 15.7. The maximum Gasteiger partial charge on any atom is 0.247 e. The summed E-state index contributed by atoms with van der Waals surface area (Å²) in [6, 6.07) is 11.6. The summed E-state index contributed by atoms with van der Waals surface area (Å²) < 4.78 is 10.8. The van der Waals surface area contributed by atoms with Crippen LogP contribution >= 0.6 is 0 Å². The van der Waals surface area contributed by atoms with Gasteiger partial charge in [0.2, 0.25) is 5.91 Å². The highest BCUT2D eigenvalue weighted by atomic mass is 16.5. The van der Waals surface area contributed by atoms with Crippen LogP contribution in [0.15, 0.2) is 47.1 Å². The molecule has 0 bridgehead atoms. The summed E-state index contributed by atoms with van der Waals surface area (Å²) in [6.07, 6.45) is 3.17. The molecule has 1 amide bonds. The zero-order valence-corrected chi connectivity index (χ0v) is 15.7. The van der Waals surface area contributed by atoms with Crippen LogP contribution in [-0.2, 0) is 11.3 Å². The number of likely N-dealkylation sites (N-methyl/N-ethyl adjacent to an activating group) is 1. The number of carbonyl (C=O) groups excluding carboxylic acids is 1. The summed E-state index contributed by atoms with van der Waals surface area (Å²) in [4.78, 5) is 17.0. The molecule has 0 saturated carbocycles. The van der Waals surface area contributed by atoms with Crippen LogP contribution in [0.25, 0.3) is 0 Å². The highest BCUT2D eigenvalue weighted by Crippen LogP contribution is 2.30. The van der Waals surface area contributed by atoms with Gasteiger partial charge in [-0.25, -0.2) is 0 Å². The lowest BCUT2D eigenvalue weighted by molar-refractivity contribution is -0.135. The van der Waals surface area contributed by atoms with Crippen molar-refractivity contribution in [3.8, 4) is 5.75 Å². The molecule has 0 unspecified atom stereocenters. The zero-order chi connectivity index (χ0) is 18.6. The number of carbonyl (C=O) groups is 1. The van der Waals surface area contributed by atoms with E-state index in [2.05, 4.69) is 10.2 Å². The first-order valence-electron chi connectivity index (χ1n) is 8.91. The van der Waals surface area contributed by atoms with E-state index in [1.165, 1.54) is 0 Å². The molecule has 3 rings (SSSR count). The molecular weight excluding hydrogens is 330 g/mol. The number of benzene rings is 1. The number of ether oxygens (including phenoxy) is 1. The number of nitrogens with one attached hydrogen (secondary N) is 1. The molecule has 0 atom stereocenters. The van der Waals surface area contributed by atoms with Crippen LogP contribution in [0.5, 0.6) is 5.75 Å². The Bertz CT molecular complexity index is 720. The van der Waals surface area contributed by atoms with Crippen molar-refractivity contribution in [2.24, 2.45) is 0 Å². The molecule has 1 fully saturated rings. The van der Waals surface area contributed by atoms with Gasteiger partial charge in [-0.1, -0.05) is 6.07 Å². The first-order chi connectivity index (χ1) is 12.5. The maximum absolute atomic E-state index is 13.0. The van der Waals surface area contributed by atoms with Crippen molar-refractivity contribution in [1.29, 1.82) is 0 Å². The fraction of sp³-hybridized carbons (Fsp3) is 0.450. The topological polar surface area (TPSA) is 58.0 Å². The first-order valence-corrected chi connectivity index (χ1v) is 8.91. The fourth-order valence-corrected chi connectivity index (χ4v) is 3.51. The van der Waals surface area contributed by atoms with E-state index in [1.54, 1.807) is 18.3 Å². The molecule has 0 spiro atoms. The third-order valence-corrected chi connectivity index (χ3v) is 4.94. The molecule has 1 aromatic heterocycles. The fourth-order valence-electron chi connectivity index (χ4n) is 3.51. The average molecular weight is 357 g/mol. The minimum Gasteiger partial charge on any atom is -0.497 e. The number of nitrogens with zero attached hydrogens (tertiary/aromatic N) is 2. The van der Waals surface area contributed by atoms with Gasteiger partial charge in [0.25, 0.3) is 0 Å². The van der Waals surface area contributed by atoms with Gasteiger partial charge in [-0.05, 0) is 37.1 Å². The van der Waals surface area contributed by atoms with E-state index >= 15 is 0 Å². The smallest absolute Gasteiger partial charge is 0.247 e. The molecule has 1 saturated heterocycles. The largest absolute Gasteiger partial charge is 0.497 e. The number of hydrogen-bond donors (Lipinski definition) is 1. The summed E-state index contributed by atoms with van der Waals surface area (Å²) >= 11 is 0. The van der Waals surface area contributed by atoms with E-state index in [-0.39, 0.29) is 5.91 Å². The van der Waals surface area contributed by atoms with Crippen molar-refractivity contribution in [1.82, 2.24) is 9.80 Å². The van der Waals surface area contributed by atoms with Crippen LogP contribution in [0.4, 0.5) is 5.69 Å². The number of anilines is 1. The summed E-state index contributed by atoms with van der Waals surface area (Å²) in [5.74, 6) is 1.84. The monoisotopic (exact) mass is 357 g/mol. The molecule has 2 heterocycles. The molecule has 26 heavy (non-hydrogen) atoms. The summed E-state index contributed by atoms with van der Waals surface area (Å²) in [6.45, 7) is 2.44. The number of piperidine rings is 1. The summed E-state index contributed by atoms with van der Waals surface area (Å²) in [5.41, 5.74) is 0.300. The second-order valence-electron chi connectivity index (χ2n) is 6.99. The molecule has 2 aromatic rings. The number of likely N-dealkylation sites (tertiary alicyclic amines) is 1. The number of amides is 1. The third kappa shape index (κ3) is 4.02. The van der Waals surface area contributed by atoms with E-state index in [0.717, 1.165) is 49.7 Å². The lowest BCUT2D eigenvalue weighted by Crippen LogP contribution is -2.57. The number of rotatable bonds is 6. The van der Waals surface area contributed by atoms with Crippen LogP contribution in [0.2, 0.25) is 0 Å². The number of methoxy groups -OCH3 is 1. The summed E-state index contributed by atoms with van der Waals surface area (Å²) in [5, 5.41) is 3.51. The molecule has 1 aliphatic rings. The highest BCUT2D eigenvalue weighted by molar-refractivity contribution is 5.89. The van der Waals surface area contributed by atoms with Crippen molar-refractivity contribution in [2.45, 2.75) is 24.9 Å². The predicted octanol–water partition coefficient (Wildman–Crippen LogP) is 2.82. The standard InChI is InChI=1S/C20H27N3O3/c1-22(2)19(24)20(21-16-6-4-7-17(14-16)25-3)9-11-23(12-10-20)15-18-8-5-13-26-18/h4-8,13-14,21H,9-12,15H2,1-3H3. The van der Waals surface area contributed by atoms with Gasteiger partial charge in [0.15, 0.2) is 0 Å². The van der Waals surface area contributed by atoms with E-state index < -0.39 is 5.54 Å². The van der Waals surface area contributed by atoms with E-state index in [1.807, 2.05) is 50.5 Å². The van der Waals surface area contributed by atoms with Gasteiger partial charge >= 0.3 is 0 Å². The molecule has 1 N–H and O–H groups in total. The molecule has 0 aliphatic carbocycles. The highest BCUT2D eigenvalue weighted by Gasteiger charge is 2.42. The Kier molecular flexibility index (Phi) is 5.52. The van der Waals surface area contributed by atoms with Gasteiger partial charge in [-0.3, -0.25) is 9.69 Å². The molecule has 140 valence electrons. The van der Waals surface area contributed by atoms with Crippen LogP contribution in [0.1, 0.15) is 18.6 Å². The first kappa shape index (κ1) is 18.3. The van der Waals surface area contributed by atoms with Crippen LogP contribution < -0.4 is 10.1 Å². The van der Waals surface area contributed by atoms with Gasteiger partial charge in [-0.15, -0.1) is 0 Å². The lowest BCUT2D eigenvalue weighted by atomic mass is 9.85. The SMILES string of the molecule is COc1cccc(NC2(C(=O)N(C)C)CCN(Cc3ccco3)CC2)c1. The quantitative estimate of drug-likeness (QED) is 0.861. The number of hydrogen-bond acceptors (Lipinski definition) is 5. The number of furan rings is 1. The molecule has 1 aromatic carbocycles. The van der Waals surface area contributed by atoms with Crippen molar-refractivity contribution in [2.75, 3.05) is 39.6 Å². The van der Waals surface area contributed by atoms with Crippen molar-refractivity contribution in [3.63, 3.8) is 0 Å². The van der Waals surface area contributed by atoms with Gasteiger partial charge < -0.3 is 19.4 Å². The molecular formula is C20H27N3O3. The Balaban J connectivity index is 1.74. The van der Waals surface area contributed by atoms with Gasteiger partial charge in [-0.2, -0.15) is 0 Å². The van der Waals surface area contributed by atoms with Gasteiger partial charge in [0.1, 0.15) is 17.0 Å². The van der Waals surface area contributed by atoms with E-state index in [0.29, 0.717) is 0 Å². The van der Waals surface area contributed by atoms with Gasteiger partial charge in [0, 0.05) is 38.9 Å². The molecule has 6 nitrogen and oxygen atoms in total. The minimum atomic E-state index is -0.602. The molecule has 0 radical (unpaired) electrons. The second-order valence-corrected chi connectivity index (χ2v) is 6.99. The Hall–Kier alpha value is -2.47. The van der Waals surface area contributed by atoms with Crippen LogP contribution in [-0.4, -0.2) is 55.5 Å². The Morgan fingerprint density at radius 2 is 2.04 bits per heavy atom. The third-order valence-electron chi connectivity index (χ3n) is 4.94. The molecule has 6 heteroatoms. The Morgan fingerprint density at radius 3 is 2.65 bits per heavy atom. The van der Waals surface area contributed by atoms with Crippen LogP contribution in [0, 0.1) is 0 Å². The minimum absolute atomic E-state index is 0.109. The summed E-state index contributed by atoms with van der Waals surface area (Å²) in [7, 11) is 5.27. The Morgan fingerprint density at radius 1 is 1.27 bits per heavy atom. The van der Waals surface area contributed by atoms with E-state index in [9.17, 15) is 4.79 Å². The van der Waals surface area contributed by atoms with Crippen molar-refractivity contribution < 1.29 is 13.9 Å². The second kappa shape index (κ2) is 7.83. The lowest BCUT2D eigenvalue weighted by Gasteiger charge is -2.42.